The lowest BCUT2D eigenvalue weighted by Crippen LogP contribution is -2.38. The van der Waals surface area contributed by atoms with Crippen molar-refractivity contribution in [2.45, 2.75) is 38.1 Å². The molecule has 1 rings (SSSR count). The molecule has 0 aromatic rings. The Balaban J connectivity index is 2.40. The van der Waals surface area contributed by atoms with Gasteiger partial charge in [0.15, 0.2) is 0 Å². The fourth-order valence-corrected chi connectivity index (χ4v) is 1.40. The van der Waals surface area contributed by atoms with Gasteiger partial charge in [-0.3, -0.25) is 4.79 Å². The summed E-state index contributed by atoms with van der Waals surface area (Å²) >= 11 is 0. The van der Waals surface area contributed by atoms with E-state index in [-0.39, 0.29) is 5.54 Å². The molecule has 0 aromatic heterocycles. The third kappa shape index (κ3) is 1.44. The number of rotatable bonds is 2. The van der Waals surface area contributed by atoms with Crippen LogP contribution in [0.25, 0.3) is 0 Å². The van der Waals surface area contributed by atoms with E-state index < -0.39 is 0 Å². The molecule has 0 aromatic carbocycles. The Morgan fingerprint density at radius 1 is 1.44 bits per heavy atom. The molecule has 51 valence electrons. The van der Waals surface area contributed by atoms with Crippen LogP contribution < -0.4 is 5.32 Å². The molecule has 1 aliphatic rings. The molecule has 0 saturated heterocycles. The van der Waals surface area contributed by atoms with Gasteiger partial charge in [0.1, 0.15) is 0 Å². The van der Waals surface area contributed by atoms with Crippen LogP contribution in [-0.2, 0) is 4.79 Å². The van der Waals surface area contributed by atoms with E-state index in [1.807, 2.05) is 0 Å². The molecule has 1 amide bonds. The van der Waals surface area contributed by atoms with E-state index in [2.05, 4.69) is 12.2 Å². The predicted octanol–water partition coefficient (Wildman–Crippen LogP) is 0.976. The first kappa shape index (κ1) is 6.59. The van der Waals surface area contributed by atoms with E-state index in [0.29, 0.717) is 0 Å². The maximum atomic E-state index is 9.93. The summed E-state index contributed by atoms with van der Waals surface area (Å²) in [5, 5.41) is 2.72. The van der Waals surface area contributed by atoms with Crippen molar-refractivity contribution in [2.24, 2.45) is 0 Å². The first-order valence-corrected chi connectivity index (χ1v) is 3.41. The molecule has 2 nitrogen and oxygen atoms in total. The van der Waals surface area contributed by atoms with Crippen molar-refractivity contribution < 1.29 is 4.79 Å². The molecule has 0 aliphatic heterocycles. The summed E-state index contributed by atoms with van der Waals surface area (Å²) in [7, 11) is 0. The van der Waals surface area contributed by atoms with Crippen molar-refractivity contribution in [3.05, 3.63) is 0 Å². The molecule has 0 bridgehead atoms. The van der Waals surface area contributed by atoms with Gasteiger partial charge in [-0.2, -0.15) is 0 Å². The second kappa shape index (κ2) is 2.38. The summed E-state index contributed by atoms with van der Waals surface area (Å²) < 4.78 is 0. The van der Waals surface area contributed by atoms with E-state index in [1.54, 1.807) is 6.41 Å². The number of hydrogen-bond donors (Lipinski definition) is 1. The van der Waals surface area contributed by atoms with Crippen LogP contribution in [0.4, 0.5) is 0 Å². The largest absolute Gasteiger partial charge is 0.343 e. The van der Waals surface area contributed by atoms with E-state index in [0.717, 1.165) is 12.8 Å². The molecule has 1 saturated carbocycles. The van der Waals surface area contributed by atoms with Crippen LogP contribution in [0.5, 0.6) is 0 Å². The van der Waals surface area contributed by atoms with E-state index in [1.165, 1.54) is 12.8 Å². The Hall–Kier alpha value is -0.530. The van der Waals surface area contributed by atoms with Gasteiger partial charge < -0.3 is 5.32 Å². The van der Waals surface area contributed by atoms with Crippen LogP contribution in [0.15, 0.2) is 0 Å². The lowest BCUT2D eigenvalue weighted by molar-refractivity contribution is 0.412. The second-order valence-corrected chi connectivity index (χ2v) is 2.99. The smallest absolute Gasteiger partial charge is 0.309 e. The normalized spacial score (nSPS) is 23.7. The highest BCUT2D eigenvalue weighted by Gasteiger charge is 2.27. The molecule has 0 spiro atoms. The lowest BCUT2D eigenvalue weighted by Gasteiger charge is -2.20. The third-order valence-electron chi connectivity index (χ3n) is 2.06. The van der Waals surface area contributed by atoms with Crippen molar-refractivity contribution in [2.75, 3.05) is 0 Å². The summed E-state index contributed by atoms with van der Waals surface area (Å²) in [4.78, 5) is 9.93. The van der Waals surface area contributed by atoms with Gasteiger partial charge in [0, 0.05) is 5.54 Å². The van der Waals surface area contributed by atoms with Gasteiger partial charge in [-0.05, 0) is 19.8 Å². The first-order valence-electron chi connectivity index (χ1n) is 3.41. The first-order chi connectivity index (χ1) is 4.27. The molecular weight excluding hydrogens is 114 g/mol. The Morgan fingerprint density at radius 3 is 2.44 bits per heavy atom. The lowest BCUT2D eigenvalue weighted by atomic mass is 10.0. The zero-order valence-corrected chi connectivity index (χ0v) is 5.74. The summed E-state index contributed by atoms with van der Waals surface area (Å²) in [6.45, 7) is 2.07. The van der Waals surface area contributed by atoms with Gasteiger partial charge in [-0.25, -0.2) is 0 Å². The van der Waals surface area contributed by atoms with Crippen molar-refractivity contribution in [1.82, 2.24) is 5.32 Å². The molecule has 1 N–H and O–H groups in total. The van der Waals surface area contributed by atoms with Crippen molar-refractivity contribution in [1.29, 1.82) is 0 Å². The Kier molecular flexibility index (Phi) is 1.74. The van der Waals surface area contributed by atoms with Gasteiger partial charge in [0.2, 0.25) is 0 Å². The number of nitrogens with one attached hydrogen (secondary N) is 1. The molecule has 0 unspecified atom stereocenters. The summed E-state index contributed by atoms with van der Waals surface area (Å²) in [5.41, 5.74) is 0.0712. The number of amides is 1. The van der Waals surface area contributed by atoms with Gasteiger partial charge in [0.05, 0.1) is 0 Å². The SMILES string of the molecule is CC1(N[C]=O)CCCC1. The van der Waals surface area contributed by atoms with Gasteiger partial charge in [-0.1, -0.05) is 12.8 Å². The van der Waals surface area contributed by atoms with E-state index in [9.17, 15) is 4.79 Å². The summed E-state index contributed by atoms with van der Waals surface area (Å²) in [5.74, 6) is 0. The van der Waals surface area contributed by atoms with Gasteiger partial charge >= 0.3 is 6.41 Å². The minimum atomic E-state index is 0.0712. The minimum Gasteiger partial charge on any atom is -0.343 e. The minimum absolute atomic E-state index is 0.0712. The Morgan fingerprint density at radius 2 is 2.00 bits per heavy atom. The molecule has 1 aliphatic carbocycles. The van der Waals surface area contributed by atoms with Crippen LogP contribution in [0, 0.1) is 0 Å². The quantitative estimate of drug-likeness (QED) is 0.549. The predicted molar refractivity (Wildman–Crippen MR) is 35.7 cm³/mol. The maximum absolute atomic E-state index is 9.93. The van der Waals surface area contributed by atoms with Crippen LogP contribution in [-0.4, -0.2) is 11.9 Å². The van der Waals surface area contributed by atoms with Gasteiger partial charge in [-0.15, -0.1) is 0 Å². The van der Waals surface area contributed by atoms with Crippen LogP contribution in [0.3, 0.4) is 0 Å². The van der Waals surface area contributed by atoms with Gasteiger partial charge in [0.25, 0.3) is 0 Å². The molecule has 0 atom stereocenters. The number of carbonyl (C=O) groups excluding carboxylic acids is 1. The second-order valence-electron chi connectivity index (χ2n) is 2.99. The topological polar surface area (TPSA) is 29.1 Å². The van der Waals surface area contributed by atoms with Crippen molar-refractivity contribution >= 4 is 6.41 Å². The molecule has 0 heterocycles. The molecular formula is C7H12NO. The Bertz CT molecular complexity index is 105. The monoisotopic (exact) mass is 126 g/mol. The Labute approximate surface area is 55.6 Å². The average molecular weight is 126 g/mol. The zero-order chi connectivity index (χ0) is 6.74. The maximum Gasteiger partial charge on any atom is 0.309 e. The molecule has 1 radical (unpaired) electrons. The molecule has 1 fully saturated rings. The fourth-order valence-electron chi connectivity index (χ4n) is 1.40. The average Bonchev–Trinajstić information content (AvgIpc) is 2.16. The zero-order valence-electron chi connectivity index (χ0n) is 5.74. The summed E-state index contributed by atoms with van der Waals surface area (Å²) in [6.07, 6.45) is 6.46. The van der Waals surface area contributed by atoms with E-state index >= 15 is 0 Å². The van der Waals surface area contributed by atoms with Crippen molar-refractivity contribution in [3.63, 3.8) is 0 Å². The fraction of sp³-hybridized carbons (Fsp3) is 0.857. The third-order valence-corrected chi connectivity index (χ3v) is 2.06. The highest BCUT2D eigenvalue weighted by Crippen LogP contribution is 2.27. The van der Waals surface area contributed by atoms with Crippen LogP contribution in [0.2, 0.25) is 0 Å². The van der Waals surface area contributed by atoms with Crippen molar-refractivity contribution in [3.8, 4) is 0 Å². The van der Waals surface area contributed by atoms with E-state index in [4.69, 9.17) is 0 Å². The highest BCUT2D eigenvalue weighted by atomic mass is 16.1. The van der Waals surface area contributed by atoms with Crippen LogP contribution >= 0.6 is 0 Å². The summed E-state index contributed by atoms with van der Waals surface area (Å²) in [6, 6.07) is 0. The standard InChI is InChI=1S/C7H12NO/c1-7(8-6-9)4-2-3-5-7/h2-5H2,1H3,(H,8,9). The van der Waals surface area contributed by atoms with Crippen LogP contribution in [0.1, 0.15) is 32.6 Å². The highest BCUT2D eigenvalue weighted by molar-refractivity contribution is 5.48. The molecule has 2 heteroatoms. The molecule has 9 heavy (non-hydrogen) atoms. The number of hydrogen-bond acceptors (Lipinski definition) is 1.